The van der Waals surface area contributed by atoms with Crippen LogP contribution in [0.25, 0.3) is 0 Å². The van der Waals surface area contributed by atoms with Crippen molar-refractivity contribution in [2.75, 3.05) is 12.4 Å². The molecule has 108 valence electrons. The highest BCUT2D eigenvalue weighted by atomic mass is 19.1. The first kappa shape index (κ1) is 14.3. The van der Waals surface area contributed by atoms with Crippen LogP contribution in [-0.2, 0) is 11.2 Å². The average molecular weight is 282 g/mol. The molecule has 1 aliphatic carbocycles. The molecule has 1 aromatic rings. The third-order valence-electron chi connectivity index (χ3n) is 3.24. The van der Waals surface area contributed by atoms with Crippen molar-refractivity contribution in [1.29, 1.82) is 0 Å². The summed E-state index contributed by atoms with van der Waals surface area (Å²) >= 11 is 0. The van der Waals surface area contributed by atoms with E-state index in [0.29, 0.717) is 17.5 Å². The number of aliphatic hydroxyl groups excluding tert-OH is 1. The summed E-state index contributed by atoms with van der Waals surface area (Å²) in [4.78, 5) is 11.2. The maximum Gasteiger partial charge on any atom is 0.221 e. The molecule has 6 nitrogen and oxygen atoms in total. The largest absolute Gasteiger partial charge is 0.493 e. The maximum absolute atomic E-state index is 14.0. The Morgan fingerprint density at radius 1 is 1.55 bits per heavy atom. The van der Waals surface area contributed by atoms with E-state index < -0.39 is 17.8 Å². The molecule has 0 heterocycles. The van der Waals surface area contributed by atoms with Crippen molar-refractivity contribution >= 4 is 17.3 Å². The summed E-state index contributed by atoms with van der Waals surface area (Å²) in [5, 5.41) is 24.6. The lowest BCUT2D eigenvalue weighted by Gasteiger charge is -2.27. The Bertz CT molecular complexity index is 586. The monoisotopic (exact) mass is 282 g/mol. The number of hydrogen-bond donors (Lipinski definition) is 3. The lowest BCUT2D eigenvalue weighted by Crippen LogP contribution is -2.24. The minimum absolute atomic E-state index is 0.0325. The van der Waals surface area contributed by atoms with Crippen LogP contribution in [0, 0.1) is 5.82 Å². The van der Waals surface area contributed by atoms with Gasteiger partial charge in [-0.3, -0.25) is 4.79 Å². The number of carbonyl (C=O) groups is 1. The second-order valence-corrected chi connectivity index (χ2v) is 4.51. The van der Waals surface area contributed by atoms with Crippen LogP contribution in [0.15, 0.2) is 11.2 Å². The standard InChI is InChI=1S/C13H15FN2O4/c1-6(17)15-10-5-8(14)13(20-2)7-3-4-9(16-19)12(18)11(7)10/h5,12,18-19H,3-4H2,1-2H3,(H,15,17)/b16-9+. The zero-order chi connectivity index (χ0) is 14.9. The summed E-state index contributed by atoms with van der Waals surface area (Å²) in [6.07, 6.45) is -0.580. The molecule has 2 rings (SSSR count). The van der Waals surface area contributed by atoms with Gasteiger partial charge in [0.1, 0.15) is 6.10 Å². The number of aliphatic hydroxyl groups is 1. The number of nitrogens with one attached hydrogen (secondary N) is 1. The molecule has 20 heavy (non-hydrogen) atoms. The van der Waals surface area contributed by atoms with E-state index in [0.717, 1.165) is 6.07 Å². The first-order valence-electron chi connectivity index (χ1n) is 6.05. The topological polar surface area (TPSA) is 91.2 Å². The summed E-state index contributed by atoms with van der Waals surface area (Å²) in [7, 11) is 1.33. The van der Waals surface area contributed by atoms with Gasteiger partial charge in [0.15, 0.2) is 11.6 Å². The molecule has 1 unspecified atom stereocenters. The van der Waals surface area contributed by atoms with Crippen molar-refractivity contribution in [3.8, 4) is 5.75 Å². The molecule has 1 amide bonds. The number of ether oxygens (including phenoxy) is 1. The lowest BCUT2D eigenvalue weighted by atomic mass is 9.86. The number of anilines is 1. The molecular weight excluding hydrogens is 267 g/mol. The highest BCUT2D eigenvalue weighted by Gasteiger charge is 2.31. The number of benzene rings is 1. The normalized spacial score (nSPS) is 19.6. The molecule has 0 spiro atoms. The third kappa shape index (κ3) is 2.32. The molecule has 3 N–H and O–H groups in total. The molecule has 1 atom stereocenters. The number of methoxy groups -OCH3 is 1. The highest BCUT2D eigenvalue weighted by molar-refractivity contribution is 5.96. The number of rotatable bonds is 2. The van der Waals surface area contributed by atoms with Crippen molar-refractivity contribution in [3.63, 3.8) is 0 Å². The van der Waals surface area contributed by atoms with E-state index in [4.69, 9.17) is 9.94 Å². The van der Waals surface area contributed by atoms with E-state index in [1.165, 1.54) is 14.0 Å². The zero-order valence-electron chi connectivity index (χ0n) is 11.1. The van der Waals surface area contributed by atoms with Crippen LogP contribution in [0.2, 0.25) is 0 Å². The van der Waals surface area contributed by atoms with Crippen molar-refractivity contribution < 1.29 is 24.2 Å². The SMILES string of the molecule is COc1c(F)cc(NC(C)=O)c2c1CC/C(=N\O)C2O. The fraction of sp³-hybridized carbons (Fsp3) is 0.385. The van der Waals surface area contributed by atoms with Gasteiger partial charge in [0.25, 0.3) is 0 Å². The van der Waals surface area contributed by atoms with Crippen molar-refractivity contribution in [3.05, 3.63) is 23.0 Å². The van der Waals surface area contributed by atoms with E-state index >= 15 is 0 Å². The average Bonchev–Trinajstić information content (AvgIpc) is 2.38. The first-order valence-corrected chi connectivity index (χ1v) is 6.05. The van der Waals surface area contributed by atoms with E-state index in [9.17, 15) is 14.3 Å². The van der Waals surface area contributed by atoms with Crippen LogP contribution in [0.4, 0.5) is 10.1 Å². The summed E-state index contributed by atoms with van der Waals surface area (Å²) < 4.78 is 19.0. The molecule has 0 bridgehead atoms. The van der Waals surface area contributed by atoms with Crippen LogP contribution >= 0.6 is 0 Å². The number of halogens is 1. The van der Waals surface area contributed by atoms with Gasteiger partial charge < -0.3 is 20.4 Å². The van der Waals surface area contributed by atoms with Gasteiger partial charge in [0.05, 0.1) is 18.5 Å². The fourth-order valence-corrected chi connectivity index (χ4v) is 2.43. The van der Waals surface area contributed by atoms with E-state index in [-0.39, 0.29) is 23.6 Å². The van der Waals surface area contributed by atoms with Crippen LogP contribution in [0.3, 0.4) is 0 Å². The van der Waals surface area contributed by atoms with Gasteiger partial charge in [-0.1, -0.05) is 5.16 Å². The van der Waals surface area contributed by atoms with Gasteiger partial charge in [0, 0.05) is 24.1 Å². The van der Waals surface area contributed by atoms with E-state index in [2.05, 4.69) is 10.5 Å². The Hall–Kier alpha value is -2.15. The Balaban J connectivity index is 2.66. The molecule has 0 aromatic heterocycles. The lowest BCUT2D eigenvalue weighted by molar-refractivity contribution is -0.114. The smallest absolute Gasteiger partial charge is 0.221 e. The van der Waals surface area contributed by atoms with Gasteiger partial charge in [-0.25, -0.2) is 4.39 Å². The van der Waals surface area contributed by atoms with Crippen LogP contribution in [-0.4, -0.2) is 29.0 Å². The molecule has 1 aliphatic rings. The van der Waals surface area contributed by atoms with Gasteiger partial charge in [0.2, 0.25) is 5.91 Å². The predicted molar refractivity (Wildman–Crippen MR) is 69.8 cm³/mol. The number of hydrogen-bond acceptors (Lipinski definition) is 5. The van der Waals surface area contributed by atoms with Gasteiger partial charge in [-0.15, -0.1) is 0 Å². The number of nitrogens with zero attached hydrogens (tertiary/aromatic N) is 1. The summed E-state index contributed by atoms with van der Waals surface area (Å²) in [6.45, 7) is 1.28. The van der Waals surface area contributed by atoms with Gasteiger partial charge in [-0.05, 0) is 12.8 Å². The van der Waals surface area contributed by atoms with Crippen molar-refractivity contribution in [2.45, 2.75) is 25.9 Å². The highest BCUT2D eigenvalue weighted by Crippen LogP contribution is 2.40. The number of oxime groups is 1. The number of amides is 1. The Morgan fingerprint density at radius 3 is 2.80 bits per heavy atom. The minimum atomic E-state index is -1.21. The van der Waals surface area contributed by atoms with E-state index in [1.807, 2.05) is 0 Å². The molecule has 0 saturated carbocycles. The molecule has 0 aliphatic heterocycles. The quantitative estimate of drug-likeness (QED) is 0.567. The molecule has 0 saturated heterocycles. The van der Waals surface area contributed by atoms with Gasteiger partial charge in [-0.2, -0.15) is 0 Å². The summed E-state index contributed by atoms with van der Waals surface area (Å²) in [5.41, 5.74) is 1.09. The molecule has 0 fully saturated rings. The second kappa shape index (κ2) is 5.46. The maximum atomic E-state index is 14.0. The summed E-state index contributed by atoms with van der Waals surface area (Å²) in [5.74, 6) is -0.978. The first-order chi connectivity index (χ1) is 9.49. The zero-order valence-corrected chi connectivity index (χ0v) is 11.1. The molecular formula is C13H15FN2O4. The second-order valence-electron chi connectivity index (χ2n) is 4.51. The van der Waals surface area contributed by atoms with Crippen molar-refractivity contribution in [2.24, 2.45) is 5.16 Å². The van der Waals surface area contributed by atoms with Crippen LogP contribution in [0.5, 0.6) is 5.75 Å². The van der Waals surface area contributed by atoms with Crippen LogP contribution < -0.4 is 10.1 Å². The molecule has 0 radical (unpaired) electrons. The summed E-state index contributed by atoms with van der Waals surface area (Å²) in [6, 6.07) is 1.09. The predicted octanol–water partition coefficient (Wildman–Crippen LogP) is 1.60. The Labute approximate surface area is 114 Å². The Morgan fingerprint density at radius 2 is 2.25 bits per heavy atom. The minimum Gasteiger partial charge on any atom is -0.493 e. The molecule has 1 aromatic carbocycles. The molecule has 7 heteroatoms. The van der Waals surface area contributed by atoms with Crippen LogP contribution in [0.1, 0.15) is 30.6 Å². The van der Waals surface area contributed by atoms with E-state index in [1.54, 1.807) is 0 Å². The number of fused-ring (bicyclic) bond motifs is 1. The van der Waals surface area contributed by atoms with Gasteiger partial charge >= 0.3 is 0 Å². The third-order valence-corrected chi connectivity index (χ3v) is 3.24. The fourth-order valence-electron chi connectivity index (χ4n) is 2.43. The Kier molecular flexibility index (Phi) is 3.89. The number of carbonyl (C=O) groups excluding carboxylic acids is 1. The van der Waals surface area contributed by atoms with Crippen molar-refractivity contribution in [1.82, 2.24) is 0 Å².